The van der Waals surface area contributed by atoms with Gasteiger partial charge in [-0.25, -0.2) is 13.6 Å². The van der Waals surface area contributed by atoms with Crippen LogP contribution in [0.25, 0.3) is 0 Å². The minimum atomic E-state index is -2.00. The Bertz CT molecular complexity index is 524. The smallest absolute Gasteiger partial charge is 0.333 e. The van der Waals surface area contributed by atoms with Crippen molar-refractivity contribution in [2.45, 2.75) is 38.5 Å². The van der Waals surface area contributed by atoms with Crippen LogP contribution in [0.4, 0.5) is 8.78 Å². The number of carbonyl (C=O) groups is 1. The van der Waals surface area contributed by atoms with Crippen LogP contribution in [0.1, 0.15) is 32.3 Å². The van der Waals surface area contributed by atoms with Gasteiger partial charge < -0.3 is 4.74 Å². The summed E-state index contributed by atoms with van der Waals surface area (Å²) < 4.78 is 31.8. The van der Waals surface area contributed by atoms with Gasteiger partial charge in [0.1, 0.15) is 5.82 Å². The topological polar surface area (TPSA) is 50.1 Å². The molecule has 0 spiro atoms. The fourth-order valence-corrected chi connectivity index (χ4v) is 2.05. The number of alkyl halides is 1. The molecule has 0 fully saturated rings. The van der Waals surface area contributed by atoms with E-state index in [2.05, 4.69) is 4.74 Å². The highest BCUT2D eigenvalue weighted by Crippen LogP contribution is 2.33. The van der Waals surface area contributed by atoms with E-state index >= 15 is 0 Å². The van der Waals surface area contributed by atoms with Crippen LogP contribution < -0.4 is 0 Å². The Hall–Kier alpha value is -1.67. The molecule has 1 rings (SSSR count). The molecule has 0 aliphatic heterocycles. The minimum Gasteiger partial charge on any atom is -0.430 e. The van der Waals surface area contributed by atoms with Crippen molar-refractivity contribution in [3.8, 4) is 6.07 Å². The van der Waals surface area contributed by atoms with Crippen LogP contribution in [0.3, 0.4) is 0 Å². The summed E-state index contributed by atoms with van der Waals surface area (Å²) in [7, 11) is 0. The minimum absolute atomic E-state index is 0.0122. The van der Waals surface area contributed by atoms with Gasteiger partial charge in [-0.2, -0.15) is 5.26 Å². The van der Waals surface area contributed by atoms with Gasteiger partial charge in [-0.1, -0.05) is 24.6 Å². The third kappa shape index (κ3) is 3.26. The third-order valence-corrected chi connectivity index (χ3v) is 3.16. The highest BCUT2D eigenvalue weighted by Gasteiger charge is 2.42. The van der Waals surface area contributed by atoms with Gasteiger partial charge >= 0.3 is 5.97 Å². The zero-order chi connectivity index (χ0) is 15.3. The Balaban J connectivity index is 3.15. The molecule has 0 aliphatic carbocycles. The number of nitriles is 1. The average molecular weight is 302 g/mol. The molecule has 2 unspecified atom stereocenters. The lowest BCUT2D eigenvalue weighted by Crippen LogP contribution is -2.36. The van der Waals surface area contributed by atoms with Crippen molar-refractivity contribution >= 4 is 17.6 Å². The van der Waals surface area contributed by atoms with Gasteiger partial charge in [-0.05, 0) is 25.5 Å². The summed E-state index contributed by atoms with van der Waals surface area (Å²) in [6, 6.07) is 5.43. The van der Waals surface area contributed by atoms with E-state index in [9.17, 15) is 18.8 Å². The molecule has 20 heavy (non-hydrogen) atoms. The predicted octanol–water partition coefficient (Wildman–Crippen LogP) is 3.90. The second kappa shape index (κ2) is 6.67. The van der Waals surface area contributed by atoms with Gasteiger partial charge in [0.2, 0.25) is 6.36 Å². The van der Waals surface area contributed by atoms with Gasteiger partial charge in [0.15, 0.2) is 5.41 Å². The Morgan fingerprint density at radius 3 is 2.75 bits per heavy atom. The van der Waals surface area contributed by atoms with Crippen LogP contribution in [0, 0.1) is 17.1 Å². The Morgan fingerprint density at radius 1 is 1.60 bits per heavy atom. The lowest BCUT2D eigenvalue weighted by Gasteiger charge is -2.23. The molecule has 1 aromatic rings. The van der Waals surface area contributed by atoms with E-state index in [1.807, 2.05) is 0 Å². The van der Waals surface area contributed by atoms with Crippen LogP contribution >= 0.6 is 11.6 Å². The number of halogens is 3. The summed E-state index contributed by atoms with van der Waals surface area (Å²) in [5.74, 6) is -1.97. The molecule has 6 heteroatoms. The van der Waals surface area contributed by atoms with Crippen LogP contribution in [0.2, 0.25) is 5.02 Å². The van der Waals surface area contributed by atoms with Crippen molar-refractivity contribution in [1.82, 2.24) is 0 Å². The van der Waals surface area contributed by atoms with Crippen molar-refractivity contribution in [3.63, 3.8) is 0 Å². The van der Waals surface area contributed by atoms with E-state index in [0.717, 1.165) is 13.0 Å². The zero-order valence-corrected chi connectivity index (χ0v) is 11.9. The maximum absolute atomic E-state index is 13.8. The summed E-state index contributed by atoms with van der Waals surface area (Å²) in [6.07, 6.45) is -1.35. The van der Waals surface area contributed by atoms with Gasteiger partial charge in [0.25, 0.3) is 0 Å². The quantitative estimate of drug-likeness (QED) is 0.775. The first-order valence-electron chi connectivity index (χ1n) is 6.07. The molecule has 1 aromatic carbocycles. The average Bonchev–Trinajstić information content (AvgIpc) is 2.38. The van der Waals surface area contributed by atoms with Crippen LogP contribution in [0.5, 0.6) is 0 Å². The van der Waals surface area contributed by atoms with Gasteiger partial charge in [-0.3, -0.25) is 0 Å². The largest absolute Gasteiger partial charge is 0.430 e. The molecule has 0 saturated heterocycles. The van der Waals surface area contributed by atoms with Crippen LogP contribution in [-0.4, -0.2) is 12.3 Å². The summed E-state index contributed by atoms with van der Waals surface area (Å²) in [6.45, 7) is 2.87. The Morgan fingerprint density at radius 2 is 2.25 bits per heavy atom. The van der Waals surface area contributed by atoms with E-state index < -0.39 is 23.6 Å². The number of carbonyl (C=O) groups excluding carboxylic acids is 1. The standard InChI is InChI=1S/C14H14ClF2NO2/c1-3-5-11(17)20-13(19)14(2,8-18)12-9(15)6-4-7-10(12)16/h4,6-7,11H,3,5H2,1-2H3. The van der Waals surface area contributed by atoms with Gasteiger partial charge in [0.05, 0.1) is 6.07 Å². The first-order chi connectivity index (χ1) is 9.36. The summed E-state index contributed by atoms with van der Waals surface area (Å²) in [4.78, 5) is 12.0. The monoisotopic (exact) mass is 301 g/mol. The maximum atomic E-state index is 13.8. The molecule has 0 amide bonds. The van der Waals surface area contributed by atoms with E-state index in [1.54, 1.807) is 13.0 Å². The van der Waals surface area contributed by atoms with Gasteiger partial charge in [-0.15, -0.1) is 0 Å². The first kappa shape index (κ1) is 16.4. The van der Waals surface area contributed by atoms with E-state index in [1.165, 1.54) is 12.1 Å². The molecular weight excluding hydrogens is 288 g/mol. The molecule has 108 valence electrons. The Kier molecular flexibility index (Phi) is 5.46. The van der Waals surface area contributed by atoms with Crippen LogP contribution in [-0.2, 0) is 14.9 Å². The maximum Gasteiger partial charge on any atom is 0.333 e. The van der Waals surface area contributed by atoms with Crippen molar-refractivity contribution in [1.29, 1.82) is 5.26 Å². The number of hydrogen-bond acceptors (Lipinski definition) is 3. The molecule has 0 aromatic heterocycles. The van der Waals surface area contributed by atoms with Gasteiger partial charge in [0, 0.05) is 17.0 Å². The van der Waals surface area contributed by atoms with Crippen LogP contribution in [0.15, 0.2) is 18.2 Å². The number of hydrogen-bond donors (Lipinski definition) is 0. The number of nitrogens with zero attached hydrogens (tertiary/aromatic N) is 1. The number of benzene rings is 1. The summed E-state index contributed by atoms with van der Waals surface area (Å²) >= 11 is 5.84. The normalized spacial score (nSPS) is 15.0. The molecule has 0 bridgehead atoms. The highest BCUT2D eigenvalue weighted by molar-refractivity contribution is 6.31. The molecule has 0 aliphatic rings. The summed E-state index contributed by atoms with van der Waals surface area (Å²) in [5.41, 5.74) is -2.31. The fraction of sp³-hybridized carbons (Fsp3) is 0.429. The second-order valence-corrected chi connectivity index (χ2v) is 4.84. The Labute approximate surface area is 121 Å². The molecule has 2 atom stereocenters. The SMILES string of the molecule is CCCC(F)OC(=O)C(C)(C#N)c1c(F)cccc1Cl. The van der Waals surface area contributed by atoms with E-state index in [0.29, 0.717) is 6.42 Å². The first-order valence-corrected chi connectivity index (χ1v) is 6.45. The third-order valence-electron chi connectivity index (χ3n) is 2.85. The lowest BCUT2D eigenvalue weighted by molar-refractivity contribution is -0.162. The number of rotatable bonds is 5. The van der Waals surface area contributed by atoms with E-state index in [-0.39, 0.29) is 17.0 Å². The van der Waals surface area contributed by atoms with Crippen molar-refractivity contribution in [2.24, 2.45) is 0 Å². The fourth-order valence-electron chi connectivity index (χ4n) is 1.70. The van der Waals surface area contributed by atoms with Crippen molar-refractivity contribution in [3.05, 3.63) is 34.6 Å². The highest BCUT2D eigenvalue weighted by atomic mass is 35.5. The van der Waals surface area contributed by atoms with Crippen molar-refractivity contribution in [2.75, 3.05) is 0 Å². The molecule has 0 saturated carbocycles. The molecule has 3 nitrogen and oxygen atoms in total. The molecule has 0 radical (unpaired) electrons. The summed E-state index contributed by atoms with van der Waals surface area (Å²) in [5, 5.41) is 9.12. The molecule has 0 N–H and O–H groups in total. The number of esters is 1. The second-order valence-electron chi connectivity index (χ2n) is 4.44. The number of ether oxygens (including phenoxy) is 1. The zero-order valence-electron chi connectivity index (χ0n) is 11.1. The van der Waals surface area contributed by atoms with Crippen molar-refractivity contribution < 1.29 is 18.3 Å². The predicted molar refractivity (Wildman–Crippen MR) is 70.3 cm³/mol. The molecule has 0 heterocycles. The van der Waals surface area contributed by atoms with E-state index in [4.69, 9.17) is 11.6 Å². The lowest BCUT2D eigenvalue weighted by atomic mass is 9.83. The molecular formula is C14H14ClF2NO2.